The molecule has 2 aromatic rings. The number of imidazole rings is 1. The van der Waals surface area contributed by atoms with Gasteiger partial charge in [0.05, 0.1) is 12.8 Å². The van der Waals surface area contributed by atoms with Gasteiger partial charge in [-0.25, -0.2) is 19.6 Å². The van der Waals surface area contributed by atoms with Crippen molar-refractivity contribution < 1.29 is 4.84 Å². The fourth-order valence-electron chi connectivity index (χ4n) is 1.05. The van der Waals surface area contributed by atoms with E-state index in [1.54, 1.807) is 17.2 Å². The van der Waals surface area contributed by atoms with Gasteiger partial charge >= 0.3 is 0 Å². The Morgan fingerprint density at radius 3 is 3.29 bits per heavy atom. The minimum atomic E-state index is 0.644. The lowest BCUT2D eigenvalue weighted by Crippen LogP contribution is -2.15. The molecule has 0 atom stereocenters. The van der Waals surface area contributed by atoms with Gasteiger partial charge in [-0.2, -0.15) is 5.59 Å². The molecule has 14 heavy (non-hydrogen) atoms. The van der Waals surface area contributed by atoms with Crippen molar-refractivity contribution in [1.82, 2.24) is 19.6 Å². The molecule has 0 radical (unpaired) electrons. The van der Waals surface area contributed by atoms with Crippen LogP contribution in [0.25, 0.3) is 11.2 Å². The van der Waals surface area contributed by atoms with Crippen LogP contribution in [0, 0.1) is 0 Å². The van der Waals surface area contributed by atoms with E-state index >= 15 is 0 Å². The van der Waals surface area contributed by atoms with Crippen LogP contribution in [0.1, 0.15) is 13.3 Å². The standard InChI is InChI=1S/C8H11N5O/c1-2-3-14-12-13-6-11-7-4-9-5-10-8(7)13/h4-6,12H,2-3H2,1H3. The third-order valence-electron chi connectivity index (χ3n) is 1.68. The lowest BCUT2D eigenvalue weighted by Gasteiger charge is -2.05. The summed E-state index contributed by atoms with van der Waals surface area (Å²) < 4.78 is 1.62. The fourth-order valence-corrected chi connectivity index (χ4v) is 1.05. The number of fused-ring (bicyclic) bond motifs is 1. The zero-order valence-corrected chi connectivity index (χ0v) is 7.84. The first kappa shape index (κ1) is 8.89. The molecule has 1 N–H and O–H groups in total. The first-order valence-electron chi connectivity index (χ1n) is 4.42. The van der Waals surface area contributed by atoms with Crippen molar-refractivity contribution >= 4 is 11.2 Å². The molecule has 2 heterocycles. The molecule has 0 spiro atoms. The minimum Gasteiger partial charge on any atom is -0.260 e. The predicted molar refractivity (Wildman–Crippen MR) is 50.9 cm³/mol. The SMILES string of the molecule is CCCONn1cnc2cncnc21. The van der Waals surface area contributed by atoms with Crippen molar-refractivity contribution in [2.45, 2.75) is 13.3 Å². The van der Waals surface area contributed by atoms with Crippen LogP contribution in [0.4, 0.5) is 0 Å². The topological polar surface area (TPSA) is 64.9 Å². The third kappa shape index (κ3) is 1.64. The largest absolute Gasteiger partial charge is 0.260 e. The Labute approximate surface area is 80.9 Å². The first-order valence-corrected chi connectivity index (χ1v) is 4.42. The number of nitrogens with one attached hydrogen (secondary N) is 1. The van der Waals surface area contributed by atoms with Gasteiger partial charge in [0, 0.05) is 0 Å². The van der Waals surface area contributed by atoms with Gasteiger partial charge in [0.25, 0.3) is 0 Å². The summed E-state index contributed by atoms with van der Waals surface area (Å²) in [6.07, 6.45) is 5.69. The van der Waals surface area contributed by atoms with Gasteiger partial charge in [0.2, 0.25) is 0 Å². The second-order valence-corrected chi connectivity index (χ2v) is 2.79. The highest BCUT2D eigenvalue weighted by molar-refractivity contribution is 5.68. The highest BCUT2D eigenvalue weighted by Crippen LogP contribution is 2.04. The van der Waals surface area contributed by atoms with E-state index in [1.165, 1.54) is 6.33 Å². The molecule has 0 bridgehead atoms. The highest BCUT2D eigenvalue weighted by atomic mass is 16.7. The zero-order chi connectivity index (χ0) is 9.80. The van der Waals surface area contributed by atoms with E-state index < -0.39 is 0 Å². The van der Waals surface area contributed by atoms with Crippen molar-refractivity contribution in [2.75, 3.05) is 12.2 Å². The predicted octanol–water partition coefficient (Wildman–Crippen LogP) is 0.711. The van der Waals surface area contributed by atoms with E-state index in [2.05, 4.69) is 20.5 Å². The van der Waals surface area contributed by atoms with Crippen LogP contribution in [0.3, 0.4) is 0 Å². The van der Waals surface area contributed by atoms with E-state index in [1.807, 2.05) is 6.92 Å². The number of aromatic nitrogens is 4. The lowest BCUT2D eigenvalue weighted by atomic mass is 10.5. The number of rotatable bonds is 4. The summed E-state index contributed by atoms with van der Waals surface area (Å²) in [6, 6.07) is 0. The second-order valence-electron chi connectivity index (χ2n) is 2.79. The lowest BCUT2D eigenvalue weighted by molar-refractivity contribution is 0.156. The van der Waals surface area contributed by atoms with Gasteiger partial charge in [0.15, 0.2) is 5.65 Å². The summed E-state index contributed by atoms with van der Waals surface area (Å²) in [5.74, 6) is 0. The molecule has 2 rings (SSSR count). The van der Waals surface area contributed by atoms with Crippen LogP contribution in [-0.2, 0) is 4.84 Å². The maximum absolute atomic E-state index is 5.15. The highest BCUT2D eigenvalue weighted by Gasteiger charge is 2.01. The minimum absolute atomic E-state index is 0.644. The van der Waals surface area contributed by atoms with Gasteiger partial charge in [-0.3, -0.25) is 4.84 Å². The van der Waals surface area contributed by atoms with E-state index in [-0.39, 0.29) is 0 Å². The van der Waals surface area contributed by atoms with Crippen molar-refractivity contribution in [3.63, 3.8) is 0 Å². The molecule has 2 aromatic heterocycles. The number of hydrogen-bond acceptors (Lipinski definition) is 5. The summed E-state index contributed by atoms with van der Waals surface area (Å²) in [7, 11) is 0. The van der Waals surface area contributed by atoms with Crippen LogP contribution in [0.15, 0.2) is 18.9 Å². The van der Waals surface area contributed by atoms with E-state index in [4.69, 9.17) is 4.84 Å². The molecule has 74 valence electrons. The summed E-state index contributed by atoms with van der Waals surface area (Å²) in [4.78, 5) is 17.2. The molecule has 0 unspecified atom stereocenters. The van der Waals surface area contributed by atoms with E-state index in [0.29, 0.717) is 12.3 Å². The van der Waals surface area contributed by atoms with Gasteiger partial charge in [-0.1, -0.05) is 6.92 Å². The Morgan fingerprint density at radius 2 is 2.43 bits per heavy atom. The van der Waals surface area contributed by atoms with Crippen molar-refractivity contribution in [2.24, 2.45) is 0 Å². The van der Waals surface area contributed by atoms with Crippen LogP contribution in [-0.4, -0.2) is 26.2 Å². The maximum atomic E-state index is 5.15. The molecule has 0 fully saturated rings. The Balaban J connectivity index is 2.17. The molecule has 6 heteroatoms. The second kappa shape index (κ2) is 4.01. The molecular formula is C8H11N5O. The summed E-state index contributed by atoms with van der Waals surface area (Å²) >= 11 is 0. The molecule has 0 aliphatic heterocycles. The maximum Gasteiger partial charge on any atom is 0.183 e. The molecule has 6 nitrogen and oxygen atoms in total. The normalized spacial score (nSPS) is 10.6. The summed E-state index contributed by atoms with van der Waals surface area (Å²) in [5, 5.41) is 0. The Bertz CT molecular complexity index is 413. The van der Waals surface area contributed by atoms with Crippen molar-refractivity contribution in [1.29, 1.82) is 0 Å². The molecule has 0 saturated heterocycles. The Kier molecular flexibility index (Phi) is 2.55. The molecule has 0 amide bonds. The quantitative estimate of drug-likeness (QED) is 0.572. The molecule has 0 saturated carbocycles. The Morgan fingerprint density at radius 1 is 1.50 bits per heavy atom. The summed E-state index contributed by atoms with van der Waals surface area (Å²) in [5.41, 5.74) is 4.17. The van der Waals surface area contributed by atoms with Crippen molar-refractivity contribution in [3.8, 4) is 0 Å². The van der Waals surface area contributed by atoms with E-state index in [9.17, 15) is 0 Å². The van der Waals surface area contributed by atoms with Crippen molar-refractivity contribution in [3.05, 3.63) is 18.9 Å². The van der Waals surface area contributed by atoms with Gasteiger partial charge in [0.1, 0.15) is 18.2 Å². The molecular weight excluding hydrogens is 182 g/mol. The van der Waals surface area contributed by atoms with Crippen LogP contribution >= 0.6 is 0 Å². The first-order chi connectivity index (χ1) is 6.92. The van der Waals surface area contributed by atoms with Crippen LogP contribution in [0.5, 0.6) is 0 Å². The molecule has 0 aliphatic rings. The molecule has 0 aromatic carbocycles. The number of nitrogens with zero attached hydrogens (tertiary/aromatic N) is 4. The van der Waals surface area contributed by atoms with Gasteiger partial charge in [-0.15, -0.1) is 0 Å². The van der Waals surface area contributed by atoms with Crippen LogP contribution in [0.2, 0.25) is 0 Å². The third-order valence-corrected chi connectivity index (χ3v) is 1.68. The molecule has 0 aliphatic carbocycles. The zero-order valence-electron chi connectivity index (χ0n) is 7.84. The van der Waals surface area contributed by atoms with E-state index in [0.717, 1.165) is 11.9 Å². The number of hydrogen-bond donors (Lipinski definition) is 1. The average molecular weight is 193 g/mol. The Hall–Kier alpha value is -1.69. The van der Waals surface area contributed by atoms with Crippen LogP contribution < -0.4 is 5.59 Å². The average Bonchev–Trinajstić information content (AvgIpc) is 2.63. The smallest absolute Gasteiger partial charge is 0.183 e. The van der Waals surface area contributed by atoms with Gasteiger partial charge in [-0.05, 0) is 6.42 Å². The van der Waals surface area contributed by atoms with Gasteiger partial charge < -0.3 is 0 Å². The fraction of sp³-hybridized carbons (Fsp3) is 0.375. The monoisotopic (exact) mass is 193 g/mol. The summed E-state index contributed by atoms with van der Waals surface area (Å²) in [6.45, 7) is 2.68.